The van der Waals surface area contributed by atoms with Crippen molar-refractivity contribution in [3.8, 4) is 0 Å². The normalized spacial score (nSPS) is 11.7. The number of hydrogen-bond donors (Lipinski definition) is 3. The second-order valence-electron chi connectivity index (χ2n) is 7.37. The van der Waals surface area contributed by atoms with E-state index in [4.69, 9.17) is 0 Å². The Morgan fingerprint density at radius 2 is 1.97 bits per heavy atom. The fraction of sp³-hybridized carbons (Fsp3) is 0.250. The number of hydrogen-bond acceptors (Lipinski definition) is 2. The Morgan fingerprint density at radius 3 is 2.80 bits per heavy atom. The molecule has 0 amide bonds. The molecule has 0 atom stereocenters. The molecule has 4 rings (SSSR count). The lowest BCUT2D eigenvalue weighted by Gasteiger charge is -2.13. The van der Waals surface area contributed by atoms with Crippen LogP contribution >= 0.6 is 0 Å². The highest BCUT2D eigenvalue weighted by molar-refractivity contribution is 5.86. The summed E-state index contributed by atoms with van der Waals surface area (Å²) < 4.78 is 2.16. The monoisotopic (exact) mass is 400 g/mol. The number of H-pyrrole nitrogens is 1. The number of rotatable bonds is 7. The Labute approximate surface area is 177 Å². The molecule has 2 aromatic heterocycles. The number of guanidine groups is 1. The minimum absolute atomic E-state index is 0.617. The van der Waals surface area contributed by atoms with E-state index in [1.54, 1.807) is 7.05 Å². The van der Waals surface area contributed by atoms with Gasteiger partial charge < -0.3 is 20.2 Å². The van der Waals surface area contributed by atoms with Crippen LogP contribution in [0.4, 0.5) is 0 Å². The summed E-state index contributed by atoms with van der Waals surface area (Å²) in [6, 6.07) is 16.8. The van der Waals surface area contributed by atoms with Crippen molar-refractivity contribution >= 4 is 16.9 Å². The third-order valence-electron chi connectivity index (χ3n) is 5.32. The maximum absolute atomic E-state index is 4.50. The van der Waals surface area contributed by atoms with Crippen LogP contribution in [0.3, 0.4) is 0 Å². The Balaban J connectivity index is 1.31. The molecule has 0 spiro atoms. The molecule has 6 nitrogen and oxygen atoms in total. The second-order valence-corrected chi connectivity index (χ2v) is 7.37. The number of nitrogens with zero attached hydrogens (tertiary/aromatic N) is 3. The van der Waals surface area contributed by atoms with E-state index < -0.39 is 0 Å². The number of aliphatic imine (C=N–C) groups is 1. The summed E-state index contributed by atoms with van der Waals surface area (Å²) in [4.78, 5) is 12.2. The van der Waals surface area contributed by atoms with Gasteiger partial charge in [-0.25, -0.2) is 4.98 Å². The Hall–Kier alpha value is -3.54. The molecule has 0 bridgehead atoms. The molecule has 0 radical (unpaired) electrons. The van der Waals surface area contributed by atoms with Gasteiger partial charge in [-0.05, 0) is 36.1 Å². The van der Waals surface area contributed by atoms with Crippen molar-refractivity contribution in [3.05, 3.63) is 89.6 Å². The summed E-state index contributed by atoms with van der Waals surface area (Å²) in [5.74, 6) is 1.76. The van der Waals surface area contributed by atoms with Gasteiger partial charge in [0.1, 0.15) is 5.82 Å². The quantitative estimate of drug-likeness (QED) is 0.328. The minimum atomic E-state index is 0.617. The molecule has 6 heteroatoms. The summed E-state index contributed by atoms with van der Waals surface area (Å²) in [7, 11) is 1.79. The lowest BCUT2D eigenvalue weighted by atomic mass is 10.1. The molecular formula is C24H28N6. The smallest absolute Gasteiger partial charge is 0.191 e. The largest absolute Gasteiger partial charge is 0.361 e. The molecule has 2 aromatic carbocycles. The number of fused-ring (bicyclic) bond motifs is 1. The van der Waals surface area contributed by atoms with Gasteiger partial charge in [0.05, 0.1) is 6.54 Å². The zero-order valence-corrected chi connectivity index (χ0v) is 17.5. The zero-order valence-electron chi connectivity index (χ0n) is 17.5. The van der Waals surface area contributed by atoms with Crippen LogP contribution in [0.25, 0.3) is 10.9 Å². The summed E-state index contributed by atoms with van der Waals surface area (Å²) in [6.07, 6.45) is 6.89. The SMILES string of the molecule is CN=C(NCCc1c[nH]c2cccc(C)c12)NCc1nccn1Cc1ccccc1. The van der Waals surface area contributed by atoms with E-state index >= 15 is 0 Å². The van der Waals surface area contributed by atoms with E-state index in [1.807, 2.05) is 18.5 Å². The Kier molecular flexibility index (Phi) is 6.13. The van der Waals surface area contributed by atoms with Crippen molar-refractivity contribution in [1.29, 1.82) is 0 Å². The van der Waals surface area contributed by atoms with Gasteiger partial charge in [-0.2, -0.15) is 0 Å². The molecule has 0 saturated carbocycles. The summed E-state index contributed by atoms with van der Waals surface area (Å²) in [5.41, 5.74) is 5.08. The van der Waals surface area contributed by atoms with Crippen LogP contribution in [0.2, 0.25) is 0 Å². The number of aryl methyl sites for hydroxylation is 1. The number of aromatic amines is 1. The predicted octanol–water partition coefficient (Wildman–Crippen LogP) is 3.63. The number of benzene rings is 2. The lowest BCUT2D eigenvalue weighted by Crippen LogP contribution is -2.38. The molecule has 0 saturated heterocycles. The predicted molar refractivity (Wildman–Crippen MR) is 123 cm³/mol. The molecule has 0 aliphatic heterocycles. The molecule has 154 valence electrons. The molecule has 0 aliphatic rings. The first-order chi connectivity index (χ1) is 14.7. The van der Waals surface area contributed by atoms with Gasteiger partial charge in [-0.15, -0.1) is 0 Å². The van der Waals surface area contributed by atoms with Gasteiger partial charge in [0.15, 0.2) is 5.96 Å². The van der Waals surface area contributed by atoms with Crippen molar-refractivity contribution in [2.24, 2.45) is 4.99 Å². The average Bonchev–Trinajstić information content (AvgIpc) is 3.39. The van der Waals surface area contributed by atoms with Crippen molar-refractivity contribution in [1.82, 2.24) is 25.2 Å². The van der Waals surface area contributed by atoms with Gasteiger partial charge in [0, 0.05) is 49.6 Å². The van der Waals surface area contributed by atoms with Crippen LogP contribution in [0.1, 0.15) is 22.5 Å². The number of imidazole rings is 1. The van der Waals surface area contributed by atoms with Crippen molar-refractivity contribution in [3.63, 3.8) is 0 Å². The van der Waals surface area contributed by atoms with Crippen LogP contribution in [0.15, 0.2) is 72.1 Å². The number of nitrogens with one attached hydrogen (secondary N) is 3. The van der Waals surface area contributed by atoms with Crippen molar-refractivity contribution in [2.75, 3.05) is 13.6 Å². The van der Waals surface area contributed by atoms with Gasteiger partial charge in [0.2, 0.25) is 0 Å². The molecule has 0 aliphatic carbocycles. The summed E-state index contributed by atoms with van der Waals surface area (Å²) in [5, 5.41) is 8.11. The lowest BCUT2D eigenvalue weighted by molar-refractivity contribution is 0.687. The molecule has 0 unspecified atom stereocenters. The molecule has 4 aromatic rings. The van der Waals surface area contributed by atoms with Crippen LogP contribution in [-0.2, 0) is 19.5 Å². The Morgan fingerprint density at radius 1 is 1.10 bits per heavy atom. The van der Waals surface area contributed by atoms with Gasteiger partial charge in [-0.1, -0.05) is 42.5 Å². The van der Waals surface area contributed by atoms with E-state index in [9.17, 15) is 0 Å². The molecule has 3 N–H and O–H groups in total. The third-order valence-corrected chi connectivity index (χ3v) is 5.32. The first-order valence-corrected chi connectivity index (χ1v) is 10.3. The van der Waals surface area contributed by atoms with E-state index in [1.165, 1.54) is 27.6 Å². The fourth-order valence-electron chi connectivity index (χ4n) is 3.78. The third kappa shape index (κ3) is 4.54. The first kappa shape index (κ1) is 19.8. The maximum Gasteiger partial charge on any atom is 0.191 e. The Bertz CT molecular complexity index is 1120. The van der Waals surface area contributed by atoms with Gasteiger partial charge in [0.25, 0.3) is 0 Å². The molecule has 30 heavy (non-hydrogen) atoms. The number of aromatic nitrogens is 3. The standard InChI is InChI=1S/C24H28N6/c1-18-7-6-10-21-23(18)20(15-28-21)11-12-27-24(25-2)29-16-22-26-13-14-30(22)17-19-8-4-3-5-9-19/h3-10,13-15,28H,11-12,16-17H2,1-2H3,(H2,25,27,29). The maximum atomic E-state index is 4.50. The fourth-order valence-corrected chi connectivity index (χ4v) is 3.78. The van der Waals surface area contributed by atoms with Crippen LogP contribution in [-0.4, -0.2) is 34.1 Å². The van der Waals surface area contributed by atoms with Crippen LogP contribution in [0.5, 0.6) is 0 Å². The highest BCUT2D eigenvalue weighted by atomic mass is 15.2. The van der Waals surface area contributed by atoms with E-state index in [-0.39, 0.29) is 0 Å². The summed E-state index contributed by atoms with van der Waals surface area (Å²) in [6.45, 7) is 4.39. The highest BCUT2D eigenvalue weighted by Crippen LogP contribution is 2.22. The second kappa shape index (κ2) is 9.31. The molecular weight excluding hydrogens is 372 g/mol. The van der Waals surface area contributed by atoms with Crippen molar-refractivity contribution in [2.45, 2.75) is 26.4 Å². The minimum Gasteiger partial charge on any atom is -0.361 e. The summed E-state index contributed by atoms with van der Waals surface area (Å²) >= 11 is 0. The van der Waals surface area contributed by atoms with E-state index in [2.05, 4.69) is 85.7 Å². The molecule has 2 heterocycles. The van der Waals surface area contributed by atoms with E-state index in [0.29, 0.717) is 6.54 Å². The zero-order chi connectivity index (χ0) is 20.8. The van der Waals surface area contributed by atoms with Crippen LogP contribution in [0, 0.1) is 6.92 Å². The molecule has 0 fully saturated rings. The van der Waals surface area contributed by atoms with Gasteiger partial charge >= 0.3 is 0 Å². The first-order valence-electron chi connectivity index (χ1n) is 10.3. The average molecular weight is 401 g/mol. The van der Waals surface area contributed by atoms with E-state index in [0.717, 1.165) is 31.3 Å². The van der Waals surface area contributed by atoms with Gasteiger partial charge in [-0.3, -0.25) is 4.99 Å². The van der Waals surface area contributed by atoms with Crippen LogP contribution < -0.4 is 10.6 Å². The highest BCUT2D eigenvalue weighted by Gasteiger charge is 2.08. The van der Waals surface area contributed by atoms with Crippen molar-refractivity contribution < 1.29 is 0 Å². The topological polar surface area (TPSA) is 70.0 Å².